The third kappa shape index (κ3) is 2.13. The van der Waals surface area contributed by atoms with Gasteiger partial charge in [0.25, 0.3) is 6.71 Å². The van der Waals surface area contributed by atoms with E-state index in [0.29, 0.717) is 0 Å². The van der Waals surface area contributed by atoms with Crippen molar-refractivity contribution in [3.8, 4) is 0 Å². The Morgan fingerprint density at radius 3 is 1.58 bits per heavy atom. The van der Waals surface area contributed by atoms with Crippen molar-refractivity contribution in [3.05, 3.63) is 64.7 Å². The molecule has 38 heavy (non-hydrogen) atoms. The van der Waals surface area contributed by atoms with Crippen LogP contribution in [0.4, 0.5) is 22.7 Å². The third-order valence-electron chi connectivity index (χ3n) is 12.8. The van der Waals surface area contributed by atoms with Gasteiger partial charge in [0.1, 0.15) is 0 Å². The number of hydrogen-bond donors (Lipinski definition) is 0. The number of halogens is 1. The van der Waals surface area contributed by atoms with Crippen molar-refractivity contribution in [2.75, 3.05) is 9.80 Å². The summed E-state index contributed by atoms with van der Waals surface area (Å²) in [6.45, 7) is 10.5. The highest BCUT2D eigenvalue weighted by molar-refractivity contribution is 7.00. The molecule has 0 spiro atoms. The van der Waals surface area contributed by atoms with E-state index in [1.54, 1.807) is 11.1 Å². The van der Waals surface area contributed by atoms with E-state index in [1.807, 2.05) is 0 Å². The van der Waals surface area contributed by atoms with E-state index in [-0.39, 0.29) is 28.6 Å². The van der Waals surface area contributed by atoms with Gasteiger partial charge in [-0.1, -0.05) is 87.5 Å². The second-order valence-electron chi connectivity index (χ2n) is 14.1. The molecule has 4 heterocycles. The van der Waals surface area contributed by atoms with E-state index in [1.165, 1.54) is 90.5 Å². The van der Waals surface area contributed by atoms with Crippen LogP contribution in [0.1, 0.15) is 90.2 Å². The normalized spacial score (nSPS) is 34.9. The molecule has 9 rings (SSSR count). The number of para-hydroxylation sites is 2. The molecule has 3 aromatic rings. The highest BCUT2D eigenvalue weighted by Crippen LogP contribution is 2.64. The Hall–Kier alpha value is -2.39. The Labute approximate surface area is 232 Å². The quantitative estimate of drug-likeness (QED) is 0.297. The molecular weight excluding hydrogens is 483 g/mol. The minimum atomic E-state index is 0.0590. The van der Waals surface area contributed by atoms with Gasteiger partial charge in [-0.2, -0.15) is 0 Å². The van der Waals surface area contributed by atoms with Crippen LogP contribution < -0.4 is 26.2 Å². The maximum Gasteiger partial charge on any atom is 0.252 e. The van der Waals surface area contributed by atoms with Gasteiger partial charge < -0.3 is 9.80 Å². The zero-order chi connectivity index (χ0) is 25.8. The second kappa shape index (κ2) is 6.66. The van der Waals surface area contributed by atoms with Crippen molar-refractivity contribution in [1.29, 1.82) is 0 Å². The second-order valence-corrected chi connectivity index (χ2v) is 14.5. The molecule has 3 aromatic carbocycles. The summed E-state index contributed by atoms with van der Waals surface area (Å²) in [6, 6.07) is 19.1. The maximum absolute atomic E-state index is 7.12. The van der Waals surface area contributed by atoms with Crippen LogP contribution in [0.3, 0.4) is 0 Å². The van der Waals surface area contributed by atoms with Crippen molar-refractivity contribution >= 4 is 57.5 Å². The van der Waals surface area contributed by atoms with Gasteiger partial charge in [0.2, 0.25) is 0 Å². The molecule has 2 saturated carbocycles. The SMILES string of the molecule is CC12CCCCC1(C)N1c3cc(Cl)cc4c3B(c3cccc2c31)c1cccc2c1N4C1(C)CCCCC21C. The molecule has 0 radical (unpaired) electrons. The van der Waals surface area contributed by atoms with Crippen LogP contribution in [0.15, 0.2) is 48.5 Å². The Morgan fingerprint density at radius 2 is 1.11 bits per heavy atom. The topological polar surface area (TPSA) is 6.48 Å². The first-order valence-corrected chi connectivity index (χ1v) is 15.3. The Balaban J connectivity index is 1.43. The zero-order valence-corrected chi connectivity index (χ0v) is 23.9. The Kier molecular flexibility index (Phi) is 3.93. The molecule has 2 nitrogen and oxygen atoms in total. The molecule has 0 aromatic heterocycles. The first-order valence-electron chi connectivity index (χ1n) is 15.0. The molecule has 4 unspecified atom stereocenters. The van der Waals surface area contributed by atoms with E-state index in [0.717, 1.165) is 5.02 Å². The first kappa shape index (κ1) is 22.4. The lowest BCUT2D eigenvalue weighted by molar-refractivity contribution is 0.194. The average molecular weight is 519 g/mol. The van der Waals surface area contributed by atoms with E-state index in [9.17, 15) is 0 Å². The summed E-state index contributed by atoms with van der Waals surface area (Å²) in [5, 5.41) is 0.875. The first-order chi connectivity index (χ1) is 18.2. The van der Waals surface area contributed by atoms with Crippen molar-refractivity contribution in [3.63, 3.8) is 0 Å². The fraction of sp³-hybridized carbons (Fsp3) is 0.471. The molecule has 0 amide bonds. The molecule has 0 bridgehead atoms. The Morgan fingerprint density at radius 1 is 0.658 bits per heavy atom. The molecule has 6 aliphatic rings. The molecule has 4 aliphatic heterocycles. The lowest BCUT2D eigenvalue weighted by Gasteiger charge is -2.54. The summed E-state index contributed by atoms with van der Waals surface area (Å²) in [6.07, 6.45) is 10.2. The van der Waals surface area contributed by atoms with Gasteiger partial charge >= 0.3 is 0 Å². The molecule has 192 valence electrons. The maximum atomic E-state index is 7.12. The van der Waals surface area contributed by atoms with Crippen LogP contribution in [0.25, 0.3) is 0 Å². The number of rotatable bonds is 0. The predicted octanol–water partition coefficient (Wildman–Crippen LogP) is 6.97. The average Bonchev–Trinajstić information content (AvgIpc) is 3.25. The monoisotopic (exact) mass is 518 g/mol. The van der Waals surface area contributed by atoms with Crippen molar-refractivity contribution in [2.45, 2.75) is 101 Å². The van der Waals surface area contributed by atoms with Gasteiger partial charge in [-0.05, 0) is 79.2 Å². The van der Waals surface area contributed by atoms with E-state index in [2.05, 4.69) is 86.0 Å². The number of hydrogen-bond acceptors (Lipinski definition) is 2. The van der Waals surface area contributed by atoms with Gasteiger partial charge in [0.15, 0.2) is 0 Å². The van der Waals surface area contributed by atoms with Crippen LogP contribution in [0, 0.1) is 0 Å². The minimum Gasteiger partial charge on any atom is -0.335 e. The molecule has 4 atom stereocenters. The van der Waals surface area contributed by atoms with Crippen LogP contribution in [0.5, 0.6) is 0 Å². The summed E-state index contributed by atoms with van der Waals surface area (Å²) in [4.78, 5) is 5.57. The predicted molar refractivity (Wildman–Crippen MR) is 162 cm³/mol. The molecule has 0 N–H and O–H groups in total. The van der Waals surface area contributed by atoms with Crippen molar-refractivity contribution in [2.24, 2.45) is 0 Å². The number of nitrogens with zero attached hydrogens (tertiary/aromatic N) is 2. The van der Waals surface area contributed by atoms with E-state index >= 15 is 0 Å². The summed E-state index contributed by atoms with van der Waals surface area (Å²) in [7, 11) is 0. The summed E-state index contributed by atoms with van der Waals surface area (Å²) in [5.74, 6) is 0. The number of anilines is 4. The van der Waals surface area contributed by atoms with Gasteiger partial charge in [-0.25, -0.2) is 0 Å². The van der Waals surface area contributed by atoms with Gasteiger partial charge in [-0.3, -0.25) is 0 Å². The molecule has 4 heteroatoms. The minimum absolute atomic E-state index is 0.0590. The van der Waals surface area contributed by atoms with Gasteiger partial charge in [0, 0.05) is 38.6 Å². The third-order valence-corrected chi connectivity index (χ3v) is 13.0. The van der Waals surface area contributed by atoms with Gasteiger partial charge in [0.05, 0.1) is 11.1 Å². The van der Waals surface area contributed by atoms with Gasteiger partial charge in [-0.15, -0.1) is 0 Å². The highest BCUT2D eigenvalue weighted by atomic mass is 35.5. The lowest BCUT2D eigenvalue weighted by atomic mass is 9.33. The molecular formula is C34H36BClN2. The van der Waals surface area contributed by atoms with Crippen LogP contribution in [-0.4, -0.2) is 17.8 Å². The van der Waals surface area contributed by atoms with E-state index < -0.39 is 0 Å². The Bertz CT molecular complexity index is 1480. The van der Waals surface area contributed by atoms with Crippen LogP contribution in [0.2, 0.25) is 5.02 Å². The van der Waals surface area contributed by atoms with Crippen LogP contribution in [-0.2, 0) is 10.8 Å². The smallest absolute Gasteiger partial charge is 0.252 e. The summed E-state index contributed by atoms with van der Waals surface area (Å²) >= 11 is 7.12. The van der Waals surface area contributed by atoms with Crippen molar-refractivity contribution in [1.82, 2.24) is 0 Å². The summed E-state index contributed by atoms with van der Waals surface area (Å²) < 4.78 is 0. The summed E-state index contributed by atoms with van der Waals surface area (Å²) in [5.41, 5.74) is 13.8. The fourth-order valence-corrected chi connectivity index (χ4v) is 10.7. The largest absolute Gasteiger partial charge is 0.335 e. The molecule has 0 saturated heterocycles. The number of fused-ring (bicyclic) bond motifs is 10. The molecule has 2 aliphatic carbocycles. The highest BCUT2D eigenvalue weighted by Gasteiger charge is 2.64. The lowest BCUT2D eigenvalue weighted by Crippen LogP contribution is -2.66. The molecule has 2 fully saturated rings. The van der Waals surface area contributed by atoms with E-state index in [4.69, 9.17) is 11.6 Å². The zero-order valence-electron chi connectivity index (χ0n) is 23.1. The van der Waals surface area contributed by atoms with Crippen molar-refractivity contribution < 1.29 is 0 Å². The number of benzene rings is 3. The van der Waals surface area contributed by atoms with Crippen LogP contribution >= 0.6 is 11.6 Å². The standard InChI is InChI=1S/C34H36BClN2/c1-31-15-5-7-17-33(31,3)37-26-19-21(36)20-27-28(26)35(24-13-9-11-22(31)29(24)37)25-14-10-12-23-30(25)38(27)34(4)18-8-6-16-32(23,34)2/h9-14,19-20H,5-8,15-18H2,1-4H3. The fourth-order valence-electron chi connectivity index (χ4n) is 10.5.